The zero-order chi connectivity index (χ0) is 21.9. The molecule has 3 rings (SSSR count). The molecule has 0 aliphatic carbocycles. The smallest absolute Gasteiger partial charge is 0.323 e. The summed E-state index contributed by atoms with van der Waals surface area (Å²) in [5.74, 6) is -3.25. The van der Waals surface area contributed by atoms with Gasteiger partial charge in [0, 0.05) is 6.04 Å². The Hall–Kier alpha value is -3.48. The zero-order valence-electron chi connectivity index (χ0n) is 16.8. The number of hydrogen-bond donors (Lipinski definition) is 1. The van der Waals surface area contributed by atoms with E-state index in [2.05, 4.69) is 0 Å². The first-order valence-electron chi connectivity index (χ1n) is 9.71. The lowest BCUT2D eigenvalue weighted by Gasteiger charge is -2.32. The number of imide groups is 1. The summed E-state index contributed by atoms with van der Waals surface area (Å²) in [6.45, 7) is 2.88. The van der Waals surface area contributed by atoms with E-state index in [9.17, 15) is 24.3 Å². The van der Waals surface area contributed by atoms with Gasteiger partial charge in [0.05, 0.1) is 17.7 Å². The highest BCUT2D eigenvalue weighted by Crippen LogP contribution is 2.33. The van der Waals surface area contributed by atoms with E-state index in [-0.39, 0.29) is 30.6 Å². The molecule has 0 bridgehead atoms. The summed E-state index contributed by atoms with van der Waals surface area (Å²) in [7, 11) is 0. The molecule has 7 heteroatoms. The van der Waals surface area contributed by atoms with E-state index >= 15 is 0 Å². The van der Waals surface area contributed by atoms with Crippen molar-refractivity contribution in [1.82, 2.24) is 4.90 Å². The fraction of sp³-hybridized carbons (Fsp3) is 0.304. The Morgan fingerprint density at radius 1 is 1.00 bits per heavy atom. The Morgan fingerprint density at radius 3 is 2.03 bits per heavy atom. The standard InChI is InChI=1S/C23H23NO6/c1-3-30-22(29)23(2,21(27)28)14-16(13-15-9-5-4-6-10-15)24-19(25)17-11-7-8-12-18(17)20(24)26/h4-12,16H,3,13-14H2,1-2H3,(H,27,28)/t16-,23+/m0/s1. The first-order chi connectivity index (χ1) is 14.3. The van der Waals surface area contributed by atoms with Crippen LogP contribution in [0.5, 0.6) is 0 Å². The van der Waals surface area contributed by atoms with Gasteiger partial charge < -0.3 is 9.84 Å². The number of rotatable bonds is 8. The predicted molar refractivity (Wildman–Crippen MR) is 108 cm³/mol. The molecule has 1 heterocycles. The topological polar surface area (TPSA) is 101 Å². The number of aliphatic carboxylic acids is 1. The van der Waals surface area contributed by atoms with Crippen molar-refractivity contribution in [3.63, 3.8) is 0 Å². The van der Waals surface area contributed by atoms with Crippen molar-refractivity contribution in [2.24, 2.45) is 5.41 Å². The second-order valence-corrected chi connectivity index (χ2v) is 7.43. The SMILES string of the molecule is CCOC(=O)[C@](C)(C[C@H](Cc1ccccc1)N1C(=O)c2ccccc2C1=O)C(=O)O. The van der Waals surface area contributed by atoms with Crippen molar-refractivity contribution >= 4 is 23.8 Å². The molecule has 0 unspecified atom stereocenters. The minimum atomic E-state index is -1.91. The third-order valence-corrected chi connectivity index (χ3v) is 5.35. The van der Waals surface area contributed by atoms with Crippen molar-refractivity contribution in [3.8, 4) is 0 Å². The summed E-state index contributed by atoms with van der Waals surface area (Å²) >= 11 is 0. The monoisotopic (exact) mass is 409 g/mol. The molecule has 0 fully saturated rings. The lowest BCUT2D eigenvalue weighted by molar-refractivity contribution is -0.168. The average molecular weight is 409 g/mol. The lowest BCUT2D eigenvalue weighted by Crippen LogP contribution is -2.48. The summed E-state index contributed by atoms with van der Waals surface area (Å²) in [4.78, 5) is 51.7. The fourth-order valence-electron chi connectivity index (χ4n) is 3.70. The second-order valence-electron chi connectivity index (χ2n) is 7.43. The summed E-state index contributed by atoms with van der Waals surface area (Å²) in [6, 6.07) is 14.7. The number of ether oxygens (including phenoxy) is 1. The second kappa shape index (κ2) is 8.49. The fourth-order valence-corrected chi connectivity index (χ4v) is 3.70. The number of hydrogen-bond acceptors (Lipinski definition) is 5. The minimum absolute atomic E-state index is 0.0259. The van der Waals surface area contributed by atoms with E-state index in [1.54, 1.807) is 31.2 Å². The number of carbonyl (C=O) groups is 4. The van der Waals surface area contributed by atoms with Gasteiger partial charge in [-0.3, -0.25) is 24.1 Å². The molecule has 30 heavy (non-hydrogen) atoms. The van der Waals surface area contributed by atoms with Crippen LogP contribution in [0.15, 0.2) is 54.6 Å². The maximum atomic E-state index is 13.0. The molecule has 2 amide bonds. The van der Waals surface area contributed by atoms with Crippen LogP contribution in [0, 0.1) is 5.41 Å². The van der Waals surface area contributed by atoms with Gasteiger partial charge in [-0.2, -0.15) is 0 Å². The van der Waals surface area contributed by atoms with Gasteiger partial charge in [0.25, 0.3) is 11.8 Å². The predicted octanol–water partition coefficient (Wildman–Crippen LogP) is 2.94. The van der Waals surface area contributed by atoms with Gasteiger partial charge >= 0.3 is 11.9 Å². The normalized spacial score (nSPS) is 16.0. The van der Waals surface area contributed by atoms with Crippen LogP contribution in [-0.2, 0) is 20.7 Å². The number of nitrogens with zero attached hydrogens (tertiary/aromatic N) is 1. The van der Waals surface area contributed by atoms with Gasteiger partial charge in [-0.25, -0.2) is 0 Å². The van der Waals surface area contributed by atoms with E-state index in [0.29, 0.717) is 0 Å². The molecule has 156 valence electrons. The average Bonchev–Trinajstić information content (AvgIpc) is 2.99. The summed E-state index contributed by atoms with van der Waals surface area (Å²) in [6.07, 6.45) is -0.0455. The molecule has 0 saturated heterocycles. The molecule has 7 nitrogen and oxygen atoms in total. The van der Waals surface area contributed by atoms with Gasteiger partial charge in [0.1, 0.15) is 0 Å². The number of carboxylic acid groups (broad SMARTS) is 1. The molecular formula is C23H23NO6. The largest absolute Gasteiger partial charge is 0.480 e. The van der Waals surface area contributed by atoms with Crippen molar-refractivity contribution in [1.29, 1.82) is 0 Å². The molecule has 1 aliphatic rings. The molecule has 2 aromatic rings. The Kier molecular flexibility index (Phi) is 6.01. The number of fused-ring (bicyclic) bond motifs is 1. The van der Waals surface area contributed by atoms with Gasteiger partial charge in [-0.15, -0.1) is 0 Å². The molecule has 2 aromatic carbocycles. The van der Waals surface area contributed by atoms with Gasteiger partial charge in [0.2, 0.25) is 0 Å². The first-order valence-corrected chi connectivity index (χ1v) is 9.71. The molecule has 1 N–H and O–H groups in total. The molecule has 0 aromatic heterocycles. The van der Waals surface area contributed by atoms with Crippen LogP contribution >= 0.6 is 0 Å². The maximum absolute atomic E-state index is 13.0. The van der Waals surface area contributed by atoms with Crippen molar-refractivity contribution in [2.45, 2.75) is 32.7 Å². The minimum Gasteiger partial charge on any atom is -0.480 e. The number of carboxylic acids is 1. The molecule has 0 saturated carbocycles. The lowest BCUT2D eigenvalue weighted by atomic mass is 9.81. The van der Waals surface area contributed by atoms with Crippen LogP contribution in [0.2, 0.25) is 0 Å². The van der Waals surface area contributed by atoms with Crippen LogP contribution < -0.4 is 0 Å². The third-order valence-electron chi connectivity index (χ3n) is 5.35. The molecule has 0 spiro atoms. The van der Waals surface area contributed by atoms with E-state index < -0.39 is 35.2 Å². The quantitative estimate of drug-likeness (QED) is 0.409. The summed E-state index contributed by atoms with van der Waals surface area (Å²) in [5.41, 5.74) is -0.553. The third kappa shape index (κ3) is 3.83. The molecule has 1 aliphatic heterocycles. The van der Waals surface area contributed by atoms with Crippen molar-refractivity contribution in [3.05, 3.63) is 71.3 Å². The van der Waals surface area contributed by atoms with E-state index in [1.807, 2.05) is 30.3 Å². The van der Waals surface area contributed by atoms with E-state index in [0.717, 1.165) is 10.5 Å². The highest BCUT2D eigenvalue weighted by molar-refractivity contribution is 6.21. The van der Waals surface area contributed by atoms with Gasteiger partial charge in [-0.1, -0.05) is 42.5 Å². The number of amides is 2. The first kappa shape index (κ1) is 21.2. The van der Waals surface area contributed by atoms with Crippen LogP contribution in [-0.4, -0.2) is 46.4 Å². The van der Waals surface area contributed by atoms with Gasteiger partial charge in [-0.05, 0) is 44.4 Å². The number of esters is 1. The number of carbonyl (C=O) groups excluding carboxylic acids is 3. The van der Waals surface area contributed by atoms with E-state index in [4.69, 9.17) is 4.74 Å². The highest BCUT2D eigenvalue weighted by Gasteiger charge is 2.49. The summed E-state index contributed by atoms with van der Waals surface area (Å²) in [5, 5.41) is 9.80. The number of benzene rings is 2. The highest BCUT2D eigenvalue weighted by atomic mass is 16.5. The van der Waals surface area contributed by atoms with Crippen LogP contribution in [0.3, 0.4) is 0 Å². The van der Waals surface area contributed by atoms with Crippen molar-refractivity contribution in [2.75, 3.05) is 6.61 Å². The van der Waals surface area contributed by atoms with Crippen molar-refractivity contribution < 1.29 is 29.0 Å². The summed E-state index contributed by atoms with van der Waals surface area (Å²) < 4.78 is 4.99. The Bertz CT molecular complexity index is 951. The Labute approximate surface area is 174 Å². The van der Waals surface area contributed by atoms with Crippen LogP contribution in [0.4, 0.5) is 0 Å². The molecule has 2 atom stereocenters. The van der Waals surface area contributed by atoms with E-state index in [1.165, 1.54) is 6.92 Å². The van der Waals surface area contributed by atoms with Crippen LogP contribution in [0.25, 0.3) is 0 Å². The molecular weight excluding hydrogens is 386 g/mol. The van der Waals surface area contributed by atoms with Gasteiger partial charge in [0.15, 0.2) is 5.41 Å². The maximum Gasteiger partial charge on any atom is 0.323 e. The van der Waals surface area contributed by atoms with Crippen LogP contribution in [0.1, 0.15) is 46.5 Å². The Balaban J connectivity index is 2.01. The molecule has 0 radical (unpaired) electrons. The Morgan fingerprint density at radius 2 is 1.53 bits per heavy atom. The zero-order valence-corrected chi connectivity index (χ0v) is 16.8.